The van der Waals surface area contributed by atoms with Gasteiger partial charge in [-0.2, -0.15) is 12.6 Å². The molecule has 0 bridgehead atoms. The number of carbonyl (C=O) groups excluding carboxylic acids is 1. The highest BCUT2D eigenvalue weighted by Crippen LogP contribution is 2.11. The summed E-state index contributed by atoms with van der Waals surface area (Å²) in [7, 11) is 0. The number of hydrogen-bond donors (Lipinski definition) is 2. The first-order valence-corrected chi connectivity index (χ1v) is 6.33. The minimum atomic E-state index is -0.576. The van der Waals surface area contributed by atoms with E-state index in [0.29, 0.717) is 12.2 Å². The summed E-state index contributed by atoms with van der Waals surface area (Å²) < 4.78 is 6.06. The lowest BCUT2D eigenvalue weighted by molar-refractivity contribution is -0.146. The maximum atomic E-state index is 11.4. The number of benzene rings is 1. The van der Waals surface area contributed by atoms with Crippen LogP contribution in [-0.4, -0.2) is 17.8 Å². The van der Waals surface area contributed by atoms with Crippen LogP contribution in [0.3, 0.4) is 0 Å². The second-order valence-electron chi connectivity index (χ2n) is 3.35. The van der Waals surface area contributed by atoms with E-state index in [1.165, 1.54) is 0 Å². The summed E-state index contributed by atoms with van der Waals surface area (Å²) in [6, 6.07) is 7.00. The molecule has 0 saturated carbocycles. The van der Waals surface area contributed by atoms with Crippen LogP contribution in [-0.2, 0) is 16.1 Å². The molecule has 0 aliphatic carbocycles. The van der Waals surface area contributed by atoms with Crippen molar-refractivity contribution in [1.29, 1.82) is 0 Å². The summed E-state index contributed by atoms with van der Waals surface area (Å²) in [6.45, 7) is 0.256. The number of nitrogens with two attached hydrogens (primary N) is 1. The van der Waals surface area contributed by atoms with Crippen LogP contribution in [0.5, 0.6) is 0 Å². The van der Waals surface area contributed by atoms with E-state index in [9.17, 15) is 4.79 Å². The van der Waals surface area contributed by atoms with Gasteiger partial charge in [0.1, 0.15) is 12.6 Å². The molecule has 1 aromatic rings. The fraction of sp³-hybridized carbons (Fsp3) is 0.364. The molecular weight excluding hydrogens is 290 g/mol. The van der Waals surface area contributed by atoms with Crippen molar-refractivity contribution >= 4 is 34.5 Å². The third-order valence-electron chi connectivity index (χ3n) is 2.04. The van der Waals surface area contributed by atoms with Crippen molar-refractivity contribution in [2.24, 2.45) is 5.73 Å². The van der Waals surface area contributed by atoms with Gasteiger partial charge in [0, 0.05) is 4.47 Å². The highest BCUT2D eigenvalue weighted by molar-refractivity contribution is 9.10. The molecule has 1 atom stereocenters. The maximum absolute atomic E-state index is 11.4. The van der Waals surface area contributed by atoms with E-state index in [2.05, 4.69) is 28.6 Å². The molecule has 0 fully saturated rings. The van der Waals surface area contributed by atoms with Crippen molar-refractivity contribution in [2.75, 3.05) is 5.75 Å². The number of thiol groups is 1. The van der Waals surface area contributed by atoms with E-state index in [4.69, 9.17) is 10.5 Å². The zero-order chi connectivity index (χ0) is 12.0. The van der Waals surface area contributed by atoms with Crippen molar-refractivity contribution in [3.05, 3.63) is 34.3 Å². The summed E-state index contributed by atoms with van der Waals surface area (Å²) >= 11 is 7.34. The number of ether oxygens (including phenoxy) is 1. The van der Waals surface area contributed by atoms with Crippen molar-refractivity contribution in [3.63, 3.8) is 0 Å². The van der Waals surface area contributed by atoms with E-state index >= 15 is 0 Å². The Kier molecular flexibility index (Phi) is 5.87. The Hall–Kier alpha value is -0.520. The number of esters is 1. The van der Waals surface area contributed by atoms with E-state index in [0.717, 1.165) is 10.0 Å². The van der Waals surface area contributed by atoms with Crippen molar-refractivity contribution < 1.29 is 9.53 Å². The lowest BCUT2D eigenvalue weighted by Gasteiger charge is -2.10. The normalized spacial score (nSPS) is 12.2. The molecule has 2 N–H and O–H groups in total. The summed E-state index contributed by atoms with van der Waals surface area (Å²) in [5.74, 6) is 0.200. The minimum absolute atomic E-state index is 0.256. The monoisotopic (exact) mass is 303 g/mol. The Labute approximate surface area is 109 Å². The lowest BCUT2D eigenvalue weighted by Crippen LogP contribution is -2.32. The van der Waals surface area contributed by atoms with Gasteiger partial charge in [-0.3, -0.25) is 4.79 Å². The molecule has 0 aromatic heterocycles. The van der Waals surface area contributed by atoms with Gasteiger partial charge in [0.25, 0.3) is 0 Å². The fourth-order valence-corrected chi connectivity index (χ4v) is 1.64. The van der Waals surface area contributed by atoms with Gasteiger partial charge in [-0.25, -0.2) is 0 Å². The van der Waals surface area contributed by atoms with Crippen LogP contribution in [0.4, 0.5) is 0 Å². The molecule has 0 amide bonds. The Morgan fingerprint density at radius 1 is 1.44 bits per heavy atom. The Morgan fingerprint density at radius 3 is 2.62 bits per heavy atom. The molecule has 16 heavy (non-hydrogen) atoms. The SMILES string of the molecule is NC(CCS)C(=O)OCc1ccc(Br)cc1. The molecule has 3 nitrogen and oxygen atoms in total. The molecule has 1 aromatic carbocycles. The predicted molar refractivity (Wildman–Crippen MR) is 70.4 cm³/mol. The van der Waals surface area contributed by atoms with Gasteiger partial charge < -0.3 is 10.5 Å². The fourth-order valence-electron chi connectivity index (χ4n) is 1.10. The standard InChI is InChI=1S/C11H14BrNO2S/c12-9-3-1-8(2-4-9)7-15-11(14)10(13)5-6-16/h1-4,10,16H,5-7,13H2. The van der Waals surface area contributed by atoms with Crippen LogP contribution >= 0.6 is 28.6 Å². The molecule has 0 saturated heterocycles. The topological polar surface area (TPSA) is 52.3 Å². The van der Waals surface area contributed by atoms with Crippen LogP contribution < -0.4 is 5.73 Å². The molecular formula is C11H14BrNO2S. The molecule has 5 heteroatoms. The summed E-state index contributed by atoms with van der Waals surface area (Å²) in [6.07, 6.45) is 0.530. The zero-order valence-corrected chi connectivity index (χ0v) is 11.2. The van der Waals surface area contributed by atoms with Crippen molar-refractivity contribution in [1.82, 2.24) is 0 Å². The quantitative estimate of drug-likeness (QED) is 0.647. The van der Waals surface area contributed by atoms with Crippen LogP contribution in [0.15, 0.2) is 28.7 Å². The molecule has 0 radical (unpaired) electrons. The summed E-state index contributed by atoms with van der Waals surface area (Å²) in [5.41, 5.74) is 6.52. The maximum Gasteiger partial charge on any atom is 0.323 e. The highest BCUT2D eigenvalue weighted by Gasteiger charge is 2.13. The van der Waals surface area contributed by atoms with Gasteiger partial charge in [0.05, 0.1) is 0 Å². The molecule has 0 spiro atoms. The van der Waals surface area contributed by atoms with Crippen LogP contribution in [0, 0.1) is 0 Å². The van der Waals surface area contributed by atoms with Crippen molar-refractivity contribution in [3.8, 4) is 0 Å². The minimum Gasteiger partial charge on any atom is -0.460 e. The van der Waals surface area contributed by atoms with Crippen LogP contribution in [0.25, 0.3) is 0 Å². The first-order valence-electron chi connectivity index (χ1n) is 4.91. The number of rotatable bonds is 5. The Bertz CT molecular complexity index is 342. The van der Waals surface area contributed by atoms with Gasteiger partial charge >= 0.3 is 5.97 Å². The third-order valence-corrected chi connectivity index (χ3v) is 2.82. The van der Waals surface area contributed by atoms with E-state index in [-0.39, 0.29) is 12.6 Å². The third kappa shape index (κ3) is 4.55. The average Bonchev–Trinajstić information content (AvgIpc) is 2.28. The molecule has 0 aliphatic rings. The van der Waals surface area contributed by atoms with Gasteiger partial charge in [0.15, 0.2) is 0 Å². The van der Waals surface area contributed by atoms with Gasteiger partial charge in [-0.1, -0.05) is 28.1 Å². The second-order valence-corrected chi connectivity index (χ2v) is 4.72. The first kappa shape index (κ1) is 13.5. The van der Waals surface area contributed by atoms with Gasteiger partial charge in [-0.05, 0) is 29.9 Å². The zero-order valence-electron chi connectivity index (χ0n) is 8.73. The summed E-state index contributed by atoms with van der Waals surface area (Å²) in [5, 5.41) is 0. The van der Waals surface area contributed by atoms with E-state index in [1.54, 1.807) is 0 Å². The van der Waals surface area contributed by atoms with Crippen LogP contribution in [0.2, 0.25) is 0 Å². The largest absolute Gasteiger partial charge is 0.460 e. The molecule has 0 aliphatic heterocycles. The lowest BCUT2D eigenvalue weighted by atomic mass is 10.2. The molecule has 88 valence electrons. The molecule has 1 rings (SSSR count). The second kappa shape index (κ2) is 6.93. The smallest absolute Gasteiger partial charge is 0.323 e. The highest BCUT2D eigenvalue weighted by atomic mass is 79.9. The molecule has 1 unspecified atom stereocenters. The first-order chi connectivity index (χ1) is 7.63. The van der Waals surface area contributed by atoms with Gasteiger partial charge in [-0.15, -0.1) is 0 Å². The number of carbonyl (C=O) groups is 1. The summed E-state index contributed by atoms with van der Waals surface area (Å²) in [4.78, 5) is 11.4. The van der Waals surface area contributed by atoms with E-state index in [1.807, 2.05) is 24.3 Å². The Balaban J connectivity index is 2.39. The van der Waals surface area contributed by atoms with Crippen molar-refractivity contribution in [2.45, 2.75) is 19.1 Å². The number of halogens is 1. The Morgan fingerprint density at radius 2 is 2.06 bits per heavy atom. The van der Waals surface area contributed by atoms with Crippen LogP contribution in [0.1, 0.15) is 12.0 Å². The predicted octanol–water partition coefficient (Wildman–Crippen LogP) is 2.14. The van der Waals surface area contributed by atoms with E-state index < -0.39 is 6.04 Å². The molecule has 0 heterocycles. The van der Waals surface area contributed by atoms with Gasteiger partial charge in [0.2, 0.25) is 0 Å². The number of hydrogen-bond acceptors (Lipinski definition) is 4. The average molecular weight is 304 g/mol.